The molecule has 0 saturated carbocycles. The highest BCUT2D eigenvalue weighted by molar-refractivity contribution is 7.07. The number of rotatable bonds is 5. The molecule has 1 aromatic heterocycles. The van der Waals surface area contributed by atoms with Gasteiger partial charge in [-0.2, -0.15) is 9.36 Å². The normalized spacial score (nSPS) is 10.4. The van der Waals surface area contributed by atoms with Crippen LogP contribution < -0.4 is 4.74 Å². The zero-order chi connectivity index (χ0) is 13.8. The SMILES string of the molecule is CCCc1nsc(Oc2cccc(F)c2C(=O)O)n1. The number of aromatic carboxylic acids is 1. The Balaban J connectivity index is 2.27. The van der Waals surface area contributed by atoms with Crippen molar-refractivity contribution < 1.29 is 19.0 Å². The third-order valence-electron chi connectivity index (χ3n) is 2.31. The fraction of sp³-hybridized carbons (Fsp3) is 0.250. The number of halogens is 1. The molecule has 0 aliphatic heterocycles. The van der Waals surface area contributed by atoms with E-state index < -0.39 is 17.3 Å². The Morgan fingerprint density at radius 3 is 3.00 bits per heavy atom. The number of benzene rings is 1. The minimum absolute atomic E-state index is 0.0771. The van der Waals surface area contributed by atoms with E-state index in [4.69, 9.17) is 9.84 Å². The zero-order valence-corrected chi connectivity index (χ0v) is 10.9. The second-order valence-electron chi connectivity index (χ2n) is 3.75. The maximum absolute atomic E-state index is 13.4. The van der Waals surface area contributed by atoms with E-state index in [2.05, 4.69) is 9.36 Å². The summed E-state index contributed by atoms with van der Waals surface area (Å²) in [5.74, 6) is -1.67. The minimum Gasteiger partial charge on any atom is -0.477 e. The molecule has 100 valence electrons. The largest absolute Gasteiger partial charge is 0.477 e. The number of hydrogen-bond donors (Lipinski definition) is 1. The summed E-state index contributed by atoms with van der Waals surface area (Å²) in [5, 5.41) is 9.17. The molecule has 0 aliphatic rings. The number of carbonyl (C=O) groups is 1. The van der Waals surface area contributed by atoms with Crippen LogP contribution in [0.4, 0.5) is 4.39 Å². The maximum atomic E-state index is 13.4. The van der Waals surface area contributed by atoms with Gasteiger partial charge in [0.05, 0.1) is 0 Å². The molecule has 2 aromatic rings. The molecule has 0 bridgehead atoms. The van der Waals surface area contributed by atoms with Crippen LogP contribution in [0.1, 0.15) is 29.5 Å². The van der Waals surface area contributed by atoms with E-state index in [0.717, 1.165) is 30.4 Å². The second kappa shape index (κ2) is 5.75. The summed E-state index contributed by atoms with van der Waals surface area (Å²) in [6.07, 6.45) is 1.62. The summed E-state index contributed by atoms with van der Waals surface area (Å²) < 4.78 is 22.8. The number of ether oxygens (including phenoxy) is 1. The highest BCUT2D eigenvalue weighted by Crippen LogP contribution is 2.28. The van der Waals surface area contributed by atoms with E-state index >= 15 is 0 Å². The van der Waals surface area contributed by atoms with E-state index in [1.54, 1.807) is 0 Å². The molecule has 0 amide bonds. The predicted molar refractivity (Wildman–Crippen MR) is 67.3 cm³/mol. The summed E-state index contributed by atoms with van der Waals surface area (Å²) >= 11 is 1.01. The van der Waals surface area contributed by atoms with Crippen LogP contribution in [0.25, 0.3) is 0 Å². The van der Waals surface area contributed by atoms with Crippen LogP contribution in [-0.4, -0.2) is 20.4 Å². The van der Waals surface area contributed by atoms with Crippen molar-refractivity contribution in [1.29, 1.82) is 0 Å². The Morgan fingerprint density at radius 2 is 2.32 bits per heavy atom. The van der Waals surface area contributed by atoms with Crippen LogP contribution in [0.15, 0.2) is 18.2 Å². The van der Waals surface area contributed by atoms with Gasteiger partial charge in [0.15, 0.2) is 0 Å². The van der Waals surface area contributed by atoms with Gasteiger partial charge >= 0.3 is 5.97 Å². The van der Waals surface area contributed by atoms with Gasteiger partial charge in [0.25, 0.3) is 5.19 Å². The fourth-order valence-corrected chi connectivity index (χ4v) is 2.08. The summed E-state index contributed by atoms with van der Waals surface area (Å²) in [7, 11) is 0. The molecule has 1 aromatic carbocycles. The Labute approximate surface area is 112 Å². The van der Waals surface area contributed by atoms with Gasteiger partial charge in [-0.1, -0.05) is 13.0 Å². The van der Waals surface area contributed by atoms with Crippen LogP contribution in [0.2, 0.25) is 0 Å². The number of aryl methyl sites for hydroxylation is 1. The monoisotopic (exact) mass is 282 g/mol. The van der Waals surface area contributed by atoms with Crippen LogP contribution >= 0.6 is 11.5 Å². The number of carboxylic acid groups (broad SMARTS) is 1. The first-order valence-electron chi connectivity index (χ1n) is 5.64. The average molecular weight is 282 g/mol. The van der Waals surface area contributed by atoms with Gasteiger partial charge in [0.2, 0.25) is 0 Å². The third-order valence-corrected chi connectivity index (χ3v) is 2.94. The lowest BCUT2D eigenvalue weighted by molar-refractivity contribution is 0.0689. The van der Waals surface area contributed by atoms with Gasteiger partial charge in [0, 0.05) is 18.0 Å². The molecule has 19 heavy (non-hydrogen) atoms. The topological polar surface area (TPSA) is 72.3 Å². The molecule has 0 radical (unpaired) electrons. The summed E-state index contributed by atoms with van der Waals surface area (Å²) in [6, 6.07) is 3.83. The summed E-state index contributed by atoms with van der Waals surface area (Å²) in [4.78, 5) is 15.1. The lowest BCUT2D eigenvalue weighted by atomic mass is 10.2. The fourth-order valence-electron chi connectivity index (χ4n) is 1.50. The molecule has 2 rings (SSSR count). The lowest BCUT2D eigenvalue weighted by Crippen LogP contribution is -2.03. The van der Waals surface area contributed by atoms with Crippen LogP contribution in [-0.2, 0) is 6.42 Å². The van der Waals surface area contributed by atoms with E-state index in [1.165, 1.54) is 12.1 Å². The van der Waals surface area contributed by atoms with E-state index in [0.29, 0.717) is 5.82 Å². The Bertz CT molecular complexity index is 600. The molecular formula is C12H11FN2O3S. The number of carboxylic acids is 1. The van der Waals surface area contributed by atoms with Gasteiger partial charge in [-0.3, -0.25) is 0 Å². The first-order chi connectivity index (χ1) is 9.11. The van der Waals surface area contributed by atoms with Crippen molar-refractivity contribution in [1.82, 2.24) is 9.36 Å². The smallest absolute Gasteiger partial charge is 0.342 e. The summed E-state index contributed by atoms with van der Waals surface area (Å²) in [6.45, 7) is 2.00. The van der Waals surface area contributed by atoms with Crippen molar-refractivity contribution in [2.45, 2.75) is 19.8 Å². The summed E-state index contributed by atoms with van der Waals surface area (Å²) in [5.41, 5.74) is -0.505. The Morgan fingerprint density at radius 1 is 1.53 bits per heavy atom. The molecule has 0 fully saturated rings. The third kappa shape index (κ3) is 3.05. The standard InChI is InChI=1S/C12H11FN2O3S/c1-2-4-9-14-12(19-15-9)18-8-6-3-5-7(13)10(8)11(16)17/h3,5-6H,2,4H2,1H3,(H,16,17). The Hall–Kier alpha value is -2.02. The average Bonchev–Trinajstić information content (AvgIpc) is 2.76. The van der Waals surface area contributed by atoms with Crippen molar-refractivity contribution in [2.75, 3.05) is 0 Å². The Kier molecular flexibility index (Phi) is 4.06. The molecule has 0 aliphatic carbocycles. The van der Waals surface area contributed by atoms with Gasteiger partial charge in [-0.05, 0) is 18.6 Å². The van der Waals surface area contributed by atoms with Crippen molar-refractivity contribution in [3.05, 3.63) is 35.4 Å². The van der Waals surface area contributed by atoms with Gasteiger partial charge in [-0.25, -0.2) is 9.18 Å². The highest BCUT2D eigenvalue weighted by atomic mass is 32.1. The van der Waals surface area contributed by atoms with Gasteiger partial charge < -0.3 is 9.84 Å². The second-order valence-corrected chi connectivity index (χ2v) is 4.46. The van der Waals surface area contributed by atoms with Crippen LogP contribution in [0.3, 0.4) is 0 Å². The van der Waals surface area contributed by atoms with Crippen molar-refractivity contribution in [3.8, 4) is 10.9 Å². The van der Waals surface area contributed by atoms with Crippen LogP contribution in [0, 0.1) is 5.82 Å². The molecule has 0 spiro atoms. The first kappa shape index (κ1) is 13.4. The van der Waals surface area contributed by atoms with Crippen LogP contribution in [0.5, 0.6) is 10.9 Å². The molecule has 7 heteroatoms. The molecule has 0 saturated heterocycles. The lowest BCUT2D eigenvalue weighted by Gasteiger charge is -2.05. The quantitative estimate of drug-likeness (QED) is 0.912. The first-order valence-corrected chi connectivity index (χ1v) is 6.41. The van der Waals surface area contributed by atoms with Gasteiger partial charge in [-0.15, -0.1) is 0 Å². The van der Waals surface area contributed by atoms with Crippen molar-refractivity contribution in [3.63, 3.8) is 0 Å². The van der Waals surface area contributed by atoms with Crippen molar-refractivity contribution >= 4 is 17.5 Å². The predicted octanol–water partition coefficient (Wildman–Crippen LogP) is 3.12. The molecule has 1 N–H and O–H groups in total. The molecule has 5 nitrogen and oxygen atoms in total. The molecule has 1 heterocycles. The van der Waals surface area contributed by atoms with E-state index in [9.17, 15) is 9.18 Å². The number of aromatic nitrogens is 2. The number of nitrogens with zero attached hydrogens (tertiary/aromatic N) is 2. The van der Waals surface area contributed by atoms with E-state index in [1.807, 2.05) is 6.92 Å². The van der Waals surface area contributed by atoms with Gasteiger partial charge in [0.1, 0.15) is 23.0 Å². The molecule has 0 unspecified atom stereocenters. The zero-order valence-electron chi connectivity index (χ0n) is 10.1. The van der Waals surface area contributed by atoms with Crippen molar-refractivity contribution in [2.24, 2.45) is 0 Å². The number of hydrogen-bond acceptors (Lipinski definition) is 5. The molecule has 0 atom stereocenters. The highest BCUT2D eigenvalue weighted by Gasteiger charge is 2.18. The molecular weight excluding hydrogens is 271 g/mol. The maximum Gasteiger partial charge on any atom is 0.342 e. The van der Waals surface area contributed by atoms with E-state index in [-0.39, 0.29) is 10.9 Å². The minimum atomic E-state index is -1.38.